The van der Waals surface area contributed by atoms with Crippen molar-refractivity contribution in [2.24, 2.45) is 0 Å². The van der Waals surface area contributed by atoms with E-state index in [1.54, 1.807) is 6.20 Å². The van der Waals surface area contributed by atoms with E-state index in [1.807, 2.05) is 35.9 Å². The van der Waals surface area contributed by atoms with Gasteiger partial charge in [0, 0.05) is 22.9 Å². The SMILES string of the molecule is Cc1[nH]ncc1Nc1ccc2c(c1)OCc1cc(-c3ccccc3)nn1C2. The molecule has 2 N–H and O–H groups in total. The highest BCUT2D eigenvalue weighted by molar-refractivity contribution is 5.64. The smallest absolute Gasteiger partial charge is 0.130 e. The lowest BCUT2D eigenvalue weighted by Crippen LogP contribution is -2.03. The predicted molar refractivity (Wildman–Crippen MR) is 104 cm³/mol. The number of rotatable bonds is 3. The number of hydrogen-bond donors (Lipinski definition) is 2. The quantitative estimate of drug-likeness (QED) is 0.575. The van der Waals surface area contributed by atoms with Crippen molar-refractivity contribution in [3.63, 3.8) is 0 Å². The van der Waals surface area contributed by atoms with Gasteiger partial charge in [0.1, 0.15) is 12.4 Å². The Bertz CT molecular complexity index is 1100. The lowest BCUT2D eigenvalue weighted by molar-refractivity contribution is 0.302. The minimum Gasteiger partial charge on any atom is -0.487 e. The summed E-state index contributed by atoms with van der Waals surface area (Å²) in [5.74, 6) is 0.882. The van der Waals surface area contributed by atoms with Crippen molar-refractivity contribution in [3.8, 4) is 17.0 Å². The maximum absolute atomic E-state index is 6.09. The zero-order valence-electron chi connectivity index (χ0n) is 14.9. The molecule has 0 bridgehead atoms. The number of benzene rings is 2. The lowest BCUT2D eigenvalue weighted by atomic mass is 10.1. The average Bonchev–Trinajstić information content (AvgIpc) is 3.24. The molecule has 6 heteroatoms. The predicted octanol–water partition coefficient (Wildman–Crippen LogP) is 4.27. The molecule has 0 amide bonds. The third kappa shape index (κ3) is 2.95. The van der Waals surface area contributed by atoms with E-state index in [-0.39, 0.29) is 0 Å². The van der Waals surface area contributed by atoms with Gasteiger partial charge >= 0.3 is 0 Å². The lowest BCUT2D eigenvalue weighted by Gasteiger charge is -2.11. The van der Waals surface area contributed by atoms with Crippen LogP contribution in [0.1, 0.15) is 17.0 Å². The number of anilines is 2. The van der Waals surface area contributed by atoms with E-state index in [0.717, 1.165) is 45.3 Å². The summed E-state index contributed by atoms with van der Waals surface area (Å²) in [6.07, 6.45) is 1.78. The van der Waals surface area contributed by atoms with Crippen LogP contribution in [0.25, 0.3) is 11.3 Å². The molecule has 134 valence electrons. The second kappa shape index (κ2) is 6.32. The summed E-state index contributed by atoms with van der Waals surface area (Å²) in [4.78, 5) is 0. The van der Waals surface area contributed by atoms with Gasteiger partial charge in [0.2, 0.25) is 0 Å². The number of aromatic nitrogens is 4. The third-order valence-electron chi connectivity index (χ3n) is 4.80. The van der Waals surface area contributed by atoms with Crippen molar-refractivity contribution in [1.29, 1.82) is 0 Å². The molecule has 2 aromatic carbocycles. The van der Waals surface area contributed by atoms with Crippen LogP contribution in [0.5, 0.6) is 5.75 Å². The van der Waals surface area contributed by atoms with Crippen molar-refractivity contribution >= 4 is 11.4 Å². The molecule has 1 aliphatic rings. The molecular weight excluding hydrogens is 338 g/mol. The minimum atomic E-state index is 0.501. The normalized spacial score (nSPS) is 12.6. The number of nitrogens with one attached hydrogen (secondary N) is 2. The second-order valence-electron chi connectivity index (χ2n) is 6.69. The first-order valence-electron chi connectivity index (χ1n) is 8.91. The van der Waals surface area contributed by atoms with Crippen molar-refractivity contribution in [2.75, 3.05) is 5.32 Å². The molecule has 3 heterocycles. The van der Waals surface area contributed by atoms with Crippen LogP contribution in [0.4, 0.5) is 11.4 Å². The maximum Gasteiger partial charge on any atom is 0.130 e. The van der Waals surface area contributed by atoms with E-state index < -0.39 is 0 Å². The van der Waals surface area contributed by atoms with Gasteiger partial charge in [0.15, 0.2) is 0 Å². The molecule has 0 unspecified atom stereocenters. The van der Waals surface area contributed by atoms with Crippen LogP contribution in [0.2, 0.25) is 0 Å². The van der Waals surface area contributed by atoms with Gasteiger partial charge in [-0.25, -0.2) is 0 Å². The van der Waals surface area contributed by atoms with Gasteiger partial charge in [0.05, 0.1) is 35.5 Å². The molecule has 0 saturated carbocycles. The van der Waals surface area contributed by atoms with Gasteiger partial charge in [-0.15, -0.1) is 0 Å². The average molecular weight is 357 g/mol. The molecule has 4 aromatic rings. The molecule has 1 aliphatic heterocycles. The zero-order valence-corrected chi connectivity index (χ0v) is 14.9. The number of aromatic amines is 1. The monoisotopic (exact) mass is 357 g/mol. The summed E-state index contributed by atoms with van der Waals surface area (Å²) in [5, 5.41) is 15.1. The molecule has 0 saturated heterocycles. The Hall–Kier alpha value is -3.54. The van der Waals surface area contributed by atoms with Gasteiger partial charge in [0.25, 0.3) is 0 Å². The van der Waals surface area contributed by atoms with Gasteiger partial charge in [-0.1, -0.05) is 36.4 Å². The molecule has 0 fully saturated rings. The van der Waals surface area contributed by atoms with E-state index in [2.05, 4.69) is 45.8 Å². The summed E-state index contributed by atoms with van der Waals surface area (Å²) < 4.78 is 8.12. The van der Waals surface area contributed by atoms with E-state index >= 15 is 0 Å². The largest absolute Gasteiger partial charge is 0.487 e. The van der Waals surface area contributed by atoms with Crippen molar-refractivity contribution in [2.45, 2.75) is 20.1 Å². The van der Waals surface area contributed by atoms with Crippen molar-refractivity contribution in [1.82, 2.24) is 20.0 Å². The molecule has 6 nitrogen and oxygen atoms in total. The fourth-order valence-corrected chi connectivity index (χ4v) is 3.30. The van der Waals surface area contributed by atoms with Crippen LogP contribution < -0.4 is 10.1 Å². The van der Waals surface area contributed by atoms with Gasteiger partial charge in [-0.05, 0) is 19.1 Å². The van der Waals surface area contributed by atoms with Crippen LogP contribution in [0.3, 0.4) is 0 Å². The van der Waals surface area contributed by atoms with Gasteiger partial charge in [-0.3, -0.25) is 9.78 Å². The Morgan fingerprint density at radius 1 is 1.11 bits per heavy atom. The van der Waals surface area contributed by atoms with Crippen molar-refractivity contribution in [3.05, 3.63) is 77.7 Å². The maximum atomic E-state index is 6.09. The highest BCUT2D eigenvalue weighted by atomic mass is 16.5. The number of nitrogens with zero attached hydrogens (tertiary/aromatic N) is 3. The first-order valence-corrected chi connectivity index (χ1v) is 8.91. The van der Waals surface area contributed by atoms with E-state index in [0.29, 0.717) is 13.2 Å². The van der Waals surface area contributed by atoms with Gasteiger partial charge < -0.3 is 10.1 Å². The molecule has 0 atom stereocenters. The second-order valence-corrected chi connectivity index (χ2v) is 6.69. The summed E-state index contributed by atoms with van der Waals surface area (Å²) in [6, 6.07) is 18.5. The first kappa shape index (κ1) is 15.7. The number of aryl methyl sites for hydroxylation is 1. The highest BCUT2D eigenvalue weighted by Crippen LogP contribution is 2.31. The fraction of sp³-hybridized carbons (Fsp3) is 0.143. The van der Waals surface area contributed by atoms with Crippen LogP contribution in [0.15, 0.2) is 60.8 Å². The Balaban J connectivity index is 1.42. The molecular formula is C21H19N5O. The Morgan fingerprint density at radius 3 is 2.81 bits per heavy atom. The zero-order chi connectivity index (χ0) is 18.2. The molecule has 2 aromatic heterocycles. The van der Waals surface area contributed by atoms with E-state index in [4.69, 9.17) is 9.84 Å². The highest BCUT2D eigenvalue weighted by Gasteiger charge is 2.17. The van der Waals surface area contributed by atoms with Crippen molar-refractivity contribution < 1.29 is 4.74 Å². The van der Waals surface area contributed by atoms with Crippen LogP contribution >= 0.6 is 0 Å². The Kier molecular flexibility index (Phi) is 3.67. The van der Waals surface area contributed by atoms with Crippen LogP contribution in [-0.2, 0) is 13.2 Å². The topological polar surface area (TPSA) is 67.8 Å². The summed E-state index contributed by atoms with van der Waals surface area (Å²) in [5.41, 5.74) is 7.22. The van der Waals surface area contributed by atoms with Crippen LogP contribution in [0, 0.1) is 6.92 Å². The molecule has 27 heavy (non-hydrogen) atoms. The molecule has 5 rings (SSSR count). The van der Waals surface area contributed by atoms with E-state index in [1.165, 1.54) is 0 Å². The standard InChI is InChI=1S/C21H19N5O/c1-14-20(11-22-24-14)23-17-8-7-16-12-26-18(13-27-21(16)9-17)10-19(25-26)15-5-3-2-4-6-15/h2-11,23H,12-13H2,1H3,(H,22,24). The molecule has 0 aliphatic carbocycles. The number of ether oxygens (including phenoxy) is 1. The number of H-pyrrole nitrogens is 1. The Morgan fingerprint density at radius 2 is 2.00 bits per heavy atom. The number of fused-ring (bicyclic) bond motifs is 2. The summed E-state index contributed by atoms with van der Waals surface area (Å²) in [7, 11) is 0. The third-order valence-corrected chi connectivity index (χ3v) is 4.80. The number of hydrogen-bond acceptors (Lipinski definition) is 4. The molecule has 0 spiro atoms. The summed E-state index contributed by atoms with van der Waals surface area (Å²) in [6.45, 7) is 3.18. The summed E-state index contributed by atoms with van der Waals surface area (Å²) >= 11 is 0. The fourth-order valence-electron chi connectivity index (χ4n) is 3.30. The first-order chi connectivity index (χ1) is 13.3. The molecule has 0 radical (unpaired) electrons. The van der Waals surface area contributed by atoms with Gasteiger partial charge in [-0.2, -0.15) is 10.2 Å². The van der Waals surface area contributed by atoms with E-state index in [9.17, 15) is 0 Å². The minimum absolute atomic E-state index is 0.501. The van der Waals surface area contributed by atoms with Crippen LogP contribution in [-0.4, -0.2) is 20.0 Å². The Labute approximate surface area is 156 Å².